The van der Waals surface area contributed by atoms with Crippen molar-refractivity contribution in [3.05, 3.63) is 0 Å². The van der Waals surface area contributed by atoms with Crippen LogP contribution in [0.15, 0.2) is 0 Å². The van der Waals surface area contributed by atoms with Crippen molar-refractivity contribution in [1.82, 2.24) is 5.32 Å². The van der Waals surface area contributed by atoms with Gasteiger partial charge >= 0.3 is 0 Å². The van der Waals surface area contributed by atoms with E-state index in [1.807, 2.05) is 0 Å². The van der Waals surface area contributed by atoms with E-state index in [0.717, 1.165) is 18.4 Å². The summed E-state index contributed by atoms with van der Waals surface area (Å²) < 4.78 is 1.19. The normalized spacial score (nSPS) is 21.0. The van der Waals surface area contributed by atoms with Crippen molar-refractivity contribution in [2.45, 2.75) is 60.0 Å². The smallest absolute Gasteiger partial charge is 0.0899 e. The van der Waals surface area contributed by atoms with Crippen LogP contribution in [0, 0.1) is 11.8 Å². The topological polar surface area (TPSA) is 12.0 Å². The molecule has 0 aliphatic carbocycles. The fraction of sp³-hybridized carbons (Fsp3) is 1.00. The Hall–Kier alpha value is -0.0800. The lowest BCUT2D eigenvalue weighted by atomic mass is 9.95. The molecule has 0 aromatic heterocycles. The van der Waals surface area contributed by atoms with E-state index in [1.54, 1.807) is 0 Å². The summed E-state index contributed by atoms with van der Waals surface area (Å²) in [5.74, 6) is 1.53. The van der Waals surface area contributed by atoms with Gasteiger partial charge in [0.05, 0.1) is 25.7 Å². The summed E-state index contributed by atoms with van der Waals surface area (Å²) in [6.07, 6.45) is 1.29. The van der Waals surface area contributed by atoms with Gasteiger partial charge in [-0.25, -0.2) is 0 Å². The Kier molecular flexibility index (Phi) is 7.34. The lowest BCUT2D eigenvalue weighted by Crippen LogP contribution is -2.60. The minimum absolute atomic E-state index is 0.693. The Morgan fingerprint density at radius 1 is 1.06 bits per heavy atom. The van der Waals surface area contributed by atoms with E-state index >= 15 is 0 Å². The third-order valence-corrected chi connectivity index (χ3v) is 4.86. The summed E-state index contributed by atoms with van der Waals surface area (Å²) in [5.41, 5.74) is 0. The molecule has 0 spiro atoms. The van der Waals surface area contributed by atoms with Crippen molar-refractivity contribution in [3.63, 3.8) is 0 Å². The number of nitrogens with zero attached hydrogens (tertiary/aromatic N) is 1. The zero-order valence-electron chi connectivity index (χ0n) is 13.4. The van der Waals surface area contributed by atoms with Crippen molar-refractivity contribution in [1.29, 1.82) is 0 Å². The third kappa shape index (κ3) is 4.59. The van der Waals surface area contributed by atoms with Crippen LogP contribution in [0.5, 0.6) is 0 Å². The molecule has 0 aliphatic rings. The van der Waals surface area contributed by atoms with Crippen LogP contribution in [-0.2, 0) is 0 Å². The Morgan fingerprint density at radius 2 is 1.59 bits per heavy atom. The number of hydrogen-bond donors (Lipinski definition) is 1. The SMILES string of the molecule is CCC(C)C[N+](C)(C(C)C)C(C)C(C)CNC. The van der Waals surface area contributed by atoms with Gasteiger partial charge in [-0.15, -0.1) is 0 Å². The largest absolute Gasteiger partial charge is 0.321 e. The van der Waals surface area contributed by atoms with Crippen molar-refractivity contribution < 1.29 is 4.48 Å². The molecule has 2 heteroatoms. The van der Waals surface area contributed by atoms with Crippen LogP contribution in [0.4, 0.5) is 0 Å². The first-order valence-corrected chi connectivity index (χ1v) is 7.29. The fourth-order valence-electron chi connectivity index (χ4n) is 2.72. The third-order valence-electron chi connectivity index (χ3n) is 4.86. The van der Waals surface area contributed by atoms with E-state index in [4.69, 9.17) is 0 Å². The molecule has 104 valence electrons. The minimum atomic E-state index is 0.693. The maximum atomic E-state index is 3.32. The summed E-state index contributed by atoms with van der Waals surface area (Å²) in [5, 5.41) is 3.32. The zero-order chi connectivity index (χ0) is 13.6. The molecular formula is C15H35N2+. The van der Waals surface area contributed by atoms with Gasteiger partial charge in [0, 0.05) is 18.4 Å². The van der Waals surface area contributed by atoms with Crippen LogP contribution in [0.3, 0.4) is 0 Å². The summed E-state index contributed by atoms with van der Waals surface area (Å²) in [6.45, 7) is 16.6. The maximum absolute atomic E-state index is 3.32. The highest BCUT2D eigenvalue weighted by Gasteiger charge is 2.36. The van der Waals surface area contributed by atoms with Crippen LogP contribution in [0.1, 0.15) is 48.0 Å². The van der Waals surface area contributed by atoms with Crippen molar-refractivity contribution >= 4 is 0 Å². The first-order valence-electron chi connectivity index (χ1n) is 7.29. The molecule has 0 aromatic carbocycles. The highest BCUT2D eigenvalue weighted by Crippen LogP contribution is 2.25. The van der Waals surface area contributed by atoms with Crippen LogP contribution in [0.2, 0.25) is 0 Å². The lowest BCUT2D eigenvalue weighted by Gasteiger charge is -2.47. The fourth-order valence-corrected chi connectivity index (χ4v) is 2.72. The van der Waals surface area contributed by atoms with Crippen LogP contribution in [0.25, 0.3) is 0 Å². The second kappa shape index (κ2) is 7.38. The van der Waals surface area contributed by atoms with Gasteiger partial charge in [-0.2, -0.15) is 0 Å². The predicted octanol–water partition coefficient (Wildman–Crippen LogP) is 3.13. The summed E-state index contributed by atoms with van der Waals surface area (Å²) in [7, 11) is 4.49. The van der Waals surface area contributed by atoms with Gasteiger partial charge in [0.15, 0.2) is 0 Å². The summed E-state index contributed by atoms with van der Waals surface area (Å²) >= 11 is 0. The molecule has 0 radical (unpaired) electrons. The first kappa shape index (κ1) is 16.9. The highest BCUT2D eigenvalue weighted by atomic mass is 15.4. The molecule has 1 N–H and O–H groups in total. The number of nitrogens with one attached hydrogen (secondary N) is 1. The monoisotopic (exact) mass is 243 g/mol. The van der Waals surface area contributed by atoms with Crippen molar-refractivity contribution in [2.24, 2.45) is 11.8 Å². The molecule has 0 amide bonds. The lowest BCUT2D eigenvalue weighted by molar-refractivity contribution is -0.957. The summed E-state index contributed by atoms with van der Waals surface area (Å²) in [6, 6.07) is 1.40. The van der Waals surface area contributed by atoms with Crippen LogP contribution >= 0.6 is 0 Å². The van der Waals surface area contributed by atoms with Gasteiger partial charge in [0.1, 0.15) is 0 Å². The zero-order valence-corrected chi connectivity index (χ0v) is 13.4. The van der Waals surface area contributed by atoms with E-state index in [2.05, 4.69) is 61.0 Å². The Balaban J connectivity index is 4.80. The van der Waals surface area contributed by atoms with Crippen LogP contribution < -0.4 is 5.32 Å². The van der Waals surface area contributed by atoms with Gasteiger partial charge < -0.3 is 9.80 Å². The van der Waals surface area contributed by atoms with Gasteiger partial charge in [0.2, 0.25) is 0 Å². The second-order valence-corrected chi connectivity index (χ2v) is 6.41. The molecule has 0 aromatic rings. The standard InChI is InChI=1S/C15H35N2/c1-9-13(4)11-17(8,12(2)3)15(6)14(5)10-16-7/h12-16H,9-11H2,1-8H3/q+1. The van der Waals surface area contributed by atoms with E-state index in [1.165, 1.54) is 17.4 Å². The molecule has 17 heavy (non-hydrogen) atoms. The first-order chi connectivity index (χ1) is 7.79. The molecule has 0 rings (SSSR count). The Bertz CT molecular complexity index is 203. The summed E-state index contributed by atoms with van der Waals surface area (Å²) in [4.78, 5) is 0. The Labute approximate surface area is 109 Å². The number of hydrogen-bond acceptors (Lipinski definition) is 1. The molecule has 0 saturated carbocycles. The van der Waals surface area contributed by atoms with E-state index < -0.39 is 0 Å². The number of quaternary nitrogens is 1. The quantitative estimate of drug-likeness (QED) is 0.646. The molecular weight excluding hydrogens is 208 g/mol. The average Bonchev–Trinajstić information content (AvgIpc) is 2.27. The molecule has 0 heterocycles. The van der Waals surface area contributed by atoms with Crippen LogP contribution in [-0.4, -0.2) is 43.8 Å². The molecule has 4 unspecified atom stereocenters. The van der Waals surface area contributed by atoms with Gasteiger partial charge in [-0.3, -0.25) is 0 Å². The van der Waals surface area contributed by atoms with Crippen molar-refractivity contribution in [2.75, 3.05) is 27.2 Å². The van der Waals surface area contributed by atoms with E-state index in [9.17, 15) is 0 Å². The van der Waals surface area contributed by atoms with Gasteiger partial charge in [0.25, 0.3) is 0 Å². The Morgan fingerprint density at radius 3 is 1.94 bits per heavy atom. The minimum Gasteiger partial charge on any atom is -0.321 e. The molecule has 0 bridgehead atoms. The second-order valence-electron chi connectivity index (χ2n) is 6.41. The van der Waals surface area contributed by atoms with Gasteiger partial charge in [-0.05, 0) is 34.2 Å². The number of rotatable bonds is 8. The molecule has 4 atom stereocenters. The maximum Gasteiger partial charge on any atom is 0.0899 e. The average molecular weight is 243 g/mol. The van der Waals surface area contributed by atoms with Gasteiger partial charge in [-0.1, -0.05) is 20.8 Å². The molecule has 0 aliphatic heterocycles. The van der Waals surface area contributed by atoms with E-state index in [0.29, 0.717) is 12.1 Å². The molecule has 2 nitrogen and oxygen atoms in total. The highest BCUT2D eigenvalue weighted by molar-refractivity contribution is 4.67. The van der Waals surface area contributed by atoms with E-state index in [-0.39, 0.29) is 0 Å². The predicted molar refractivity (Wildman–Crippen MR) is 78.2 cm³/mol. The molecule has 0 fully saturated rings. The van der Waals surface area contributed by atoms with Crippen molar-refractivity contribution in [3.8, 4) is 0 Å². The molecule has 0 saturated heterocycles.